The lowest BCUT2D eigenvalue weighted by Crippen LogP contribution is -2.27. The highest BCUT2D eigenvalue weighted by Gasteiger charge is 2.20. The van der Waals surface area contributed by atoms with E-state index in [2.05, 4.69) is 15.3 Å². The fourth-order valence-electron chi connectivity index (χ4n) is 2.63. The molecule has 0 spiro atoms. The average Bonchev–Trinajstić information content (AvgIpc) is 2.55. The smallest absolute Gasteiger partial charge is 0.159 e. The van der Waals surface area contributed by atoms with Crippen LogP contribution in [-0.2, 0) is 6.61 Å². The second-order valence-electron chi connectivity index (χ2n) is 5.32. The van der Waals surface area contributed by atoms with Crippen molar-refractivity contribution in [1.82, 2.24) is 15.3 Å². The second kappa shape index (κ2) is 7.03. The number of nitrogens with one attached hydrogen (secondary N) is 1. The van der Waals surface area contributed by atoms with Gasteiger partial charge in [0.2, 0.25) is 0 Å². The zero-order valence-corrected chi connectivity index (χ0v) is 12.8. The van der Waals surface area contributed by atoms with Gasteiger partial charge in [0, 0.05) is 16.5 Å². The van der Waals surface area contributed by atoms with Crippen molar-refractivity contribution in [3.05, 3.63) is 52.8 Å². The van der Waals surface area contributed by atoms with Gasteiger partial charge in [-0.25, -0.2) is 14.4 Å². The minimum absolute atomic E-state index is 0.133. The van der Waals surface area contributed by atoms with Crippen LogP contribution in [0.4, 0.5) is 4.39 Å². The van der Waals surface area contributed by atoms with E-state index in [0.717, 1.165) is 31.6 Å². The molecule has 0 aliphatic carbocycles. The summed E-state index contributed by atoms with van der Waals surface area (Å²) in [5.74, 6) is 0.617. The lowest BCUT2D eigenvalue weighted by Gasteiger charge is -2.23. The first-order valence-corrected chi connectivity index (χ1v) is 7.69. The Morgan fingerprint density at radius 1 is 1.32 bits per heavy atom. The lowest BCUT2D eigenvalue weighted by atomic mass is 9.94. The summed E-state index contributed by atoms with van der Waals surface area (Å²) in [6.07, 6.45) is 5.22. The maximum absolute atomic E-state index is 13.8. The van der Waals surface area contributed by atoms with E-state index in [1.165, 1.54) is 12.4 Å². The van der Waals surface area contributed by atoms with Crippen molar-refractivity contribution in [2.45, 2.75) is 25.4 Å². The van der Waals surface area contributed by atoms with Gasteiger partial charge in [0.05, 0.1) is 11.9 Å². The number of rotatable bonds is 4. The van der Waals surface area contributed by atoms with Gasteiger partial charge in [-0.2, -0.15) is 0 Å². The molecule has 0 bridgehead atoms. The number of hydrogen-bond donors (Lipinski definition) is 1. The predicted octanol–water partition coefficient (Wildman–Crippen LogP) is 3.32. The molecule has 22 heavy (non-hydrogen) atoms. The molecule has 1 fully saturated rings. The Morgan fingerprint density at radius 3 is 2.91 bits per heavy atom. The van der Waals surface area contributed by atoms with E-state index < -0.39 is 0 Å². The summed E-state index contributed by atoms with van der Waals surface area (Å²) < 4.78 is 19.6. The topological polar surface area (TPSA) is 47.0 Å². The van der Waals surface area contributed by atoms with Crippen molar-refractivity contribution in [3.8, 4) is 5.75 Å². The summed E-state index contributed by atoms with van der Waals surface area (Å²) in [5, 5.41) is 3.70. The lowest BCUT2D eigenvalue weighted by molar-refractivity contribution is 0.288. The Bertz CT molecular complexity index is 647. The zero-order chi connectivity index (χ0) is 15.4. The number of nitrogens with zero attached hydrogens (tertiary/aromatic N) is 2. The molecule has 1 aromatic carbocycles. The first-order valence-electron chi connectivity index (χ1n) is 7.31. The van der Waals surface area contributed by atoms with E-state index in [4.69, 9.17) is 16.3 Å². The first-order chi connectivity index (χ1) is 10.7. The monoisotopic (exact) mass is 321 g/mol. The van der Waals surface area contributed by atoms with Crippen molar-refractivity contribution < 1.29 is 9.13 Å². The van der Waals surface area contributed by atoms with Gasteiger partial charge in [0.15, 0.2) is 5.75 Å². The molecule has 2 heterocycles. The van der Waals surface area contributed by atoms with Gasteiger partial charge in [-0.3, -0.25) is 0 Å². The molecule has 6 heteroatoms. The maximum atomic E-state index is 13.8. The van der Waals surface area contributed by atoms with Gasteiger partial charge in [0.1, 0.15) is 18.8 Å². The third kappa shape index (κ3) is 3.54. The van der Waals surface area contributed by atoms with E-state index in [0.29, 0.717) is 22.3 Å². The van der Waals surface area contributed by atoms with Gasteiger partial charge >= 0.3 is 0 Å². The molecule has 0 unspecified atom stereocenters. The molecular formula is C16H17ClFN3O. The molecule has 1 N–H and O–H groups in total. The summed E-state index contributed by atoms with van der Waals surface area (Å²) in [7, 11) is 0. The van der Waals surface area contributed by atoms with Gasteiger partial charge in [-0.1, -0.05) is 17.7 Å². The predicted molar refractivity (Wildman–Crippen MR) is 82.6 cm³/mol. The fourth-order valence-corrected chi connectivity index (χ4v) is 2.79. The Hall–Kier alpha value is -1.72. The van der Waals surface area contributed by atoms with Crippen LogP contribution in [0.15, 0.2) is 30.7 Å². The summed E-state index contributed by atoms with van der Waals surface area (Å²) in [4.78, 5) is 8.39. The number of benzene rings is 1. The van der Waals surface area contributed by atoms with Crippen LogP contribution in [0.1, 0.15) is 30.0 Å². The standard InChI is InChI=1S/C16H17ClFN3O/c17-13-2-1-12(14(18)7-13)9-22-15-8-20-10-21-16(15)11-3-5-19-6-4-11/h1-2,7-8,10-11,19H,3-6,9H2. The van der Waals surface area contributed by atoms with Gasteiger partial charge in [0.25, 0.3) is 0 Å². The highest BCUT2D eigenvalue weighted by molar-refractivity contribution is 6.30. The highest BCUT2D eigenvalue weighted by Crippen LogP contribution is 2.30. The van der Waals surface area contributed by atoms with Crippen molar-refractivity contribution in [1.29, 1.82) is 0 Å². The number of piperidine rings is 1. The molecule has 0 saturated carbocycles. The first kappa shape index (κ1) is 15.2. The SMILES string of the molecule is Fc1cc(Cl)ccc1COc1cncnc1C1CCNCC1. The van der Waals surface area contributed by atoms with Crippen molar-refractivity contribution in [2.75, 3.05) is 13.1 Å². The fraction of sp³-hybridized carbons (Fsp3) is 0.375. The van der Waals surface area contributed by atoms with E-state index >= 15 is 0 Å². The second-order valence-corrected chi connectivity index (χ2v) is 5.76. The van der Waals surface area contributed by atoms with E-state index in [1.807, 2.05) is 0 Å². The molecule has 4 nitrogen and oxygen atoms in total. The third-order valence-electron chi connectivity index (χ3n) is 3.83. The van der Waals surface area contributed by atoms with Crippen molar-refractivity contribution in [2.24, 2.45) is 0 Å². The number of halogens is 2. The van der Waals surface area contributed by atoms with E-state index in [9.17, 15) is 4.39 Å². The zero-order valence-electron chi connectivity index (χ0n) is 12.1. The molecule has 1 aliphatic heterocycles. The number of ether oxygens (including phenoxy) is 1. The molecule has 3 rings (SSSR count). The highest BCUT2D eigenvalue weighted by atomic mass is 35.5. The Labute approximate surface area is 133 Å². The van der Waals surface area contributed by atoms with Gasteiger partial charge in [-0.05, 0) is 38.1 Å². The van der Waals surface area contributed by atoms with Crippen LogP contribution in [0.25, 0.3) is 0 Å². The van der Waals surface area contributed by atoms with E-state index in [-0.39, 0.29) is 12.4 Å². The number of hydrogen-bond acceptors (Lipinski definition) is 4. The molecule has 1 aromatic heterocycles. The van der Waals surface area contributed by atoms with Crippen LogP contribution < -0.4 is 10.1 Å². The van der Waals surface area contributed by atoms with Crippen molar-refractivity contribution in [3.63, 3.8) is 0 Å². The summed E-state index contributed by atoms with van der Waals surface area (Å²) in [5.41, 5.74) is 1.37. The van der Waals surface area contributed by atoms with Gasteiger partial charge < -0.3 is 10.1 Å². The average molecular weight is 322 g/mol. The number of aromatic nitrogens is 2. The largest absolute Gasteiger partial charge is 0.485 e. The molecule has 0 radical (unpaired) electrons. The molecule has 1 saturated heterocycles. The maximum Gasteiger partial charge on any atom is 0.159 e. The van der Waals surface area contributed by atoms with Crippen molar-refractivity contribution >= 4 is 11.6 Å². The third-order valence-corrected chi connectivity index (χ3v) is 4.07. The summed E-state index contributed by atoms with van der Waals surface area (Å²) in [6, 6.07) is 4.57. The van der Waals surface area contributed by atoms with Crippen LogP contribution in [0.2, 0.25) is 5.02 Å². The molecule has 0 amide bonds. The molecule has 0 atom stereocenters. The Kier molecular flexibility index (Phi) is 4.85. The minimum Gasteiger partial charge on any atom is -0.485 e. The molecule has 2 aromatic rings. The van der Waals surface area contributed by atoms with Crippen LogP contribution in [-0.4, -0.2) is 23.1 Å². The van der Waals surface area contributed by atoms with Crippen LogP contribution in [0.5, 0.6) is 5.75 Å². The van der Waals surface area contributed by atoms with E-state index in [1.54, 1.807) is 18.3 Å². The Balaban J connectivity index is 1.74. The van der Waals surface area contributed by atoms with Crippen LogP contribution >= 0.6 is 11.6 Å². The van der Waals surface area contributed by atoms with Crippen LogP contribution in [0.3, 0.4) is 0 Å². The minimum atomic E-state index is -0.368. The Morgan fingerprint density at radius 2 is 2.14 bits per heavy atom. The molecule has 1 aliphatic rings. The molecule has 116 valence electrons. The quantitative estimate of drug-likeness (QED) is 0.938. The van der Waals surface area contributed by atoms with Crippen LogP contribution in [0, 0.1) is 5.82 Å². The molecular weight excluding hydrogens is 305 g/mol. The van der Waals surface area contributed by atoms with Gasteiger partial charge in [-0.15, -0.1) is 0 Å². The summed E-state index contributed by atoms with van der Waals surface area (Å²) >= 11 is 5.75. The summed E-state index contributed by atoms with van der Waals surface area (Å²) in [6.45, 7) is 2.08. The normalized spacial score (nSPS) is 15.7.